The number of hydrogen-bond donors (Lipinski definition) is 2. The third-order valence-electron chi connectivity index (χ3n) is 6.96. The van der Waals surface area contributed by atoms with E-state index in [4.69, 9.17) is 4.74 Å². The number of para-hydroxylation sites is 1. The van der Waals surface area contributed by atoms with Gasteiger partial charge in [0.15, 0.2) is 0 Å². The Labute approximate surface area is 208 Å². The molecule has 0 saturated carbocycles. The van der Waals surface area contributed by atoms with Crippen LogP contribution in [0.1, 0.15) is 59.9 Å². The number of benzene rings is 2. The summed E-state index contributed by atoms with van der Waals surface area (Å²) in [6.45, 7) is 8.96. The molecule has 0 unspecified atom stereocenters. The van der Waals surface area contributed by atoms with Gasteiger partial charge in [-0.1, -0.05) is 44.2 Å². The number of nitrogens with zero attached hydrogens (tertiary/aromatic N) is 1. The number of piperidine rings is 1. The van der Waals surface area contributed by atoms with E-state index in [2.05, 4.69) is 10.6 Å². The van der Waals surface area contributed by atoms with Gasteiger partial charge in [-0.25, -0.2) is 0 Å². The number of carbonyl (C=O) groups excluding carboxylic acids is 3. The van der Waals surface area contributed by atoms with Gasteiger partial charge in [0.2, 0.25) is 5.91 Å². The van der Waals surface area contributed by atoms with Crippen LogP contribution in [0.15, 0.2) is 48.5 Å². The normalized spacial score (nSPS) is 15.9. The fourth-order valence-corrected chi connectivity index (χ4v) is 4.35. The van der Waals surface area contributed by atoms with E-state index in [0.29, 0.717) is 42.8 Å². The number of methoxy groups -OCH3 is 1. The van der Waals surface area contributed by atoms with E-state index in [1.54, 1.807) is 30.2 Å². The van der Waals surface area contributed by atoms with Gasteiger partial charge in [-0.2, -0.15) is 0 Å². The summed E-state index contributed by atoms with van der Waals surface area (Å²) >= 11 is 0. The monoisotopic (exact) mass is 479 g/mol. The second-order valence-electron chi connectivity index (χ2n) is 9.64. The second kappa shape index (κ2) is 11.9. The van der Waals surface area contributed by atoms with E-state index in [1.165, 1.54) is 0 Å². The molecule has 2 atom stereocenters. The molecule has 2 aromatic carbocycles. The van der Waals surface area contributed by atoms with Crippen molar-refractivity contribution >= 4 is 17.7 Å². The Morgan fingerprint density at radius 3 is 2.11 bits per heavy atom. The van der Waals surface area contributed by atoms with Gasteiger partial charge in [0.25, 0.3) is 11.8 Å². The van der Waals surface area contributed by atoms with Crippen LogP contribution < -0.4 is 15.4 Å². The van der Waals surface area contributed by atoms with Crippen molar-refractivity contribution in [3.8, 4) is 5.75 Å². The lowest BCUT2D eigenvalue weighted by molar-refractivity contribution is -0.125. The molecule has 35 heavy (non-hydrogen) atoms. The highest BCUT2D eigenvalue weighted by Gasteiger charge is 2.35. The first-order chi connectivity index (χ1) is 16.7. The molecule has 2 N–H and O–H groups in total. The third kappa shape index (κ3) is 6.41. The number of amides is 3. The van der Waals surface area contributed by atoms with Crippen molar-refractivity contribution in [3.63, 3.8) is 0 Å². The number of aryl methyl sites for hydroxylation is 1. The highest BCUT2D eigenvalue weighted by molar-refractivity contribution is 5.99. The minimum absolute atomic E-state index is 0.0208. The molecule has 1 aliphatic rings. The molecule has 0 spiro atoms. The zero-order valence-corrected chi connectivity index (χ0v) is 21.3. The first kappa shape index (κ1) is 26.3. The Hall–Kier alpha value is -3.35. The van der Waals surface area contributed by atoms with Crippen LogP contribution in [-0.4, -0.2) is 54.9 Å². The zero-order chi connectivity index (χ0) is 25.5. The standard InChI is InChI=1S/C28H37N3O4/c1-18(2)20(4)29-27(33)25(30-26(32)22-11-7-6-10-19(22)3)21-14-16-31(17-15-21)28(34)23-12-8-9-13-24(23)35-5/h6-13,18,20-21,25H,14-17H2,1-5H3,(H,29,33)(H,30,32)/t20-,25+/m1/s1. The number of hydrogen-bond acceptors (Lipinski definition) is 4. The summed E-state index contributed by atoms with van der Waals surface area (Å²) < 4.78 is 5.35. The fraction of sp³-hybridized carbons (Fsp3) is 0.464. The highest BCUT2D eigenvalue weighted by atomic mass is 16.5. The summed E-state index contributed by atoms with van der Waals surface area (Å²) in [6, 6.07) is 13.8. The van der Waals surface area contributed by atoms with Crippen LogP contribution in [0.5, 0.6) is 5.75 Å². The zero-order valence-electron chi connectivity index (χ0n) is 21.3. The van der Waals surface area contributed by atoms with Crippen LogP contribution in [0.25, 0.3) is 0 Å². The van der Waals surface area contributed by atoms with E-state index in [9.17, 15) is 14.4 Å². The van der Waals surface area contributed by atoms with Crippen molar-refractivity contribution < 1.29 is 19.1 Å². The first-order valence-electron chi connectivity index (χ1n) is 12.3. The third-order valence-corrected chi connectivity index (χ3v) is 6.96. The lowest BCUT2D eigenvalue weighted by atomic mass is 9.87. The Bertz CT molecular complexity index is 1040. The van der Waals surface area contributed by atoms with Gasteiger partial charge in [0.05, 0.1) is 12.7 Å². The number of likely N-dealkylation sites (tertiary alicyclic amines) is 1. The number of ether oxygens (including phenoxy) is 1. The molecule has 1 saturated heterocycles. The molecule has 0 aromatic heterocycles. The molecule has 0 radical (unpaired) electrons. The molecule has 1 heterocycles. The van der Waals surface area contributed by atoms with Crippen LogP contribution in [-0.2, 0) is 4.79 Å². The smallest absolute Gasteiger partial charge is 0.257 e. The van der Waals surface area contributed by atoms with Crippen LogP contribution in [0.3, 0.4) is 0 Å². The molecular weight excluding hydrogens is 442 g/mol. The van der Waals surface area contributed by atoms with Gasteiger partial charge in [0.1, 0.15) is 11.8 Å². The number of nitrogens with one attached hydrogen (secondary N) is 2. The molecular formula is C28H37N3O4. The van der Waals surface area contributed by atoms with Crippen molar-refractivity contribution in [2.75, 3.05) is 20.2 Å². The SMILES string of the molecule is COc1ccccc1C(=O)N1CCC([C@H](NC(=O)c2ccccc2C)C(=O)N[C@H](C)C(C)C)CC1. The van der Waals surface area contributed by atoms with Crippen molar-refractivity contribution in [1.29, 1.82) is 0 Å². The predicted molar refractivity (Wildman–Crippen MR) is 136 cm³/mol. The van der Waals surface area contributed by atoms with Crippen molar-refractivity contribution in [1.82, 2.24) is 15.5 Å². The molecule has 2 aromatic rings. The molecule has 1 fully saturated rings. The Morgan fingerprint density at radius 1 is 0.914 bits per heavy atom. The maximum Gasteiger partial charge on any atom is 0.257 e. The molecule has 3 rings (SSSR count). The highest BCUT2D eigenvalue weighted by Crippen LogP contribution is 2.26. The van der Waals surface area contributed by atoms with E-state index in [-0.39, 0.29) is 35.6 Å². The van der Waals surface area contributed by atoms with Gasteiger partial charge >= 0.3 is 0 Å². The topological polar surface area (TPSA) is 87.7 Å². The van der Waals surface area contributed by atoms with E-state index in [1.807, 2.05) is 58.0 Å². The van der Waals surface area contributed by atoms with Gasteiger partial charge in [-0.3, -0.25) is 14.4 Å². The van der Waals surface area contributed by atoms with Gasteiger partial charge in [-0.05, 0) is 62.3 Å². The molecule has 7 nitrogen and oxygen atoms in total. The van der Waals surface area contributed by atoms with Crippen LogP contribution in [0, 0.1) is 18.8 Å². The van der Waals surface area contributed by atoms with E-state index in [0.717, 1.165) is 5.56 Å². The predicted octanol–water partition coefficient (Wildman–Crippen LogP) is 3.82. The molecule has 7 heteroatoms. The Morgan fingerprint density at radius 2 is 1.51 bits per heavy atom. The van der Waals surface area contributed by atoms with Crippen molar-refractivity contribution in [2.45, 2.75) is 52.6 Å². The number of carbonyl (C=O) groups is 3. The molecule has 3 amide bonds. The van der Waals surface area contributed by atoms with Crippen molar-refractivity contribution in [3.05, 3.63) is 65.2 Å². The number of rotatable bonds is 8. The summed E-state index contributed by atoms with van der Waals surface area (Å²) in [5.41, 5.74) is 1.95. The summed E-state index contributed by atoms with van der Waals surface area (Å²) in [6.07, 6.45) is 1.23. The van der Waals surface area contributed by atoms with Gasteiger partial charge < -0.3 is 20.3 Å². The largest absolute Gasteiger partial charge is 0.496 e. The molecule has 0 aliphatic carbocycles. The fourth-order valence-electron chi connectivity index (χ4n) is 4.35. The minimum Gasteiger partial charge on any atom is -0.496 e. The van der Waals surface area contributed by atoms with Crippen LogP contribution in [0.4, 0.5) is 0 Å². The van der Waals surface area contributed by atoms with E-state index < -0.39 is 6.04 Å². The second-order valence-corrected chi connectivity index (χ2v) is 9.64. The summed E-state index contributed by atoms with van der Waals surface area (Å²) in [4.78, 5) is 41.3. The maximum atomic E-state index is 13.3. The van der Waals surface area contributed by atoms with Crippen molar-refractivity contribution in [2.24, 2.45) is 11.8 Å². The summed E-state index contributed by atoms with van der Waals surface area (Å²) in [7, 11) is 1.55. The van der Waals surface area contributed by atoms with Gasteiger partial charge in [0, 0.05) is 24.7 Å². The Balaban J connectivity index is 1.74. The quantitative estimate of drug-likeness (QED) is 0.603. The van der Waals surface area contributed by atoms with Crippen LogP contribution in [0.2, 0.25) is 0 Å². The molecule has 188 valence electrons. The van der Waals surface area contributed by atoms with Gasteiger partial charge in [-0.15, -0.1) is 0 Å². The maximum absolute atomic E-state index is 13.3. The molecule has 1 aliphatic heterocycles. The Kier molecular flexibility index (Phi) is 8.90. The average molecular weight is 480 g/mol. The lowest BCUT2D eigenvalue weighted by Crippen LogP contribution is -2.55. The van der Waals surface area contributed by atoms with Crippen LogP contribution >= 0.6 is 0 Å². The lowest BCUT2D eigenvalue weighted by Gasteiger charge is -2.36. The average Bonchev–Trinajstić information content (AvgIpc) is 2.86. The summed E-state index contributed by atoms with van der Waals surface area (Å²) in [5, 5.41) is 6.08. The first-order valence-corrected chi connectivity index (χ1v) is 12.3. The summed E-state index contributed by atoms with van der Waals surface area (Å²) in [5.74, 6) is 0.219. The minimum atomic E-state index is -0.674. The van der Waals surface area contributed by atoms with E-state index >= 15 is 0 Å². The molecule has 0 bridgehead atoms.